The Balaban J connectivity index is 1.76. The molecule has 0 amide bonds. The first-order valence-corrected chi connectivity index (χ1v) is 7.03. The normalized spacial score (nSPS) is 16.6. The van der Waals surface area contributed by atoms with Crippen LogP contribution in [0.5, 0.6) is 0 Å². The average Bonchev–Trinajstić information content (AvgIpc) is 2.88. The van der Waals surface area contributed by atoms with Crippen LogP contribution < -0.4 is 5.32 Å². The Kier molecular flexibility index (Phi) is 5.14. The van der Waals surface area contributed by atoms with E-state index in [1.807, 2.05) is 6.20 Å². The van der Waals surface area contributed by atoms with Crippen molar-refractivity contribution in [1.29, 1.82) is 0 Å². The lowest BCUT2D eigenvalue weighted by Gasteiger charge is -2.11. The Morgan fingerprint density at radius 3 is 2.72 bits per heavy atom. The van der Waals surface area contributed by atoms with Gasteiger partial charge in [-0.2, -0.15) is 0 Å². The zero-order valence-electron chi connectivity index (χ0n) is 11.5. The van der Waals surface area contributed by atoms with Gasteiger partial charge in [0.15, 0.2) is 0 Å². The quantitative estimate of drug-likeness (QED) is 0.840. The summed E-state index contributed by atoms with van der Waals surface area (Å²) in [5, 5.41) is 3.39. The maximum absolute atomic E-state index is 5.85. The van der Waals surface area contributed by atoms with Gasteiger partial charge >= 0.3 is 0 Å². The van der Waals surface area contributed by atoms with E-state index in [4.69, 9.17) is 4.74 Å². The molecule has 1 N–H and O–H groups in total. The van der Waals surface area contributed by atoms with Crippen molar-refractivity contribution in [2.45, 2.75) is 64.8 Å². The second-order valence-corrected chi connectivity index (χ2v) is 5.41. The molecule has 0 saturated heterocycles. The van der Waals surface area contributed by atoms with E-state index in [-0.39, 0.29) is 0 Å². The molecule has 100 valence electrons. The first-order valence-electron chi connectivity index (χ1n) is 7.03. The molecule has 1 saturated carbocycles. The minimum absolute atomic E-state index is 0.467. The summed E-state index contributed by atoms with van der Waals surface area (Å²) in [4.78, 5) is 4.45. The third-order valence-electron chi connectivity index (χ3n) is 3.37. The van der Waals surface area contributed by atoms with Crippen molar-refractivity contribution in [2.24, 2.45) is 0 Å². The molecule has 0 aliphatic heterocycles. The lowest BCUT2D eigenvalue weighted by atomic mass is 10.2. The largest absolute Gasteiger partial charge is 0.372 e. The Hall–Kier alpha value is -0.930. The summed E-state index contributed by atoms with van der Waals surface area (Å²) >= 11 is 0. The van der Waals surface area contributed by atoms with Gasteiger partial charge in [0.25, 0.3) is 0 Å². The molecule has 1 aromatic heterocycles. The van der Waals surface area contributed by atoms with E-state index in [0.717, 1.165) is 12.2 Å². The van der Waals surface area contributed by atoms with Crippen molar-refractivity contribution in [3.8, 4) is 0 Å². The highest BCUT2D eigenvalue weighted by atomic mass is 16.5. The molecule has 3 heteroatoms. The fourth-order valence-corrected chi connectivity index (χ4v) is 2.23. The van der Waals surface area contributed by atoms with Gasteiger partial charge in [0.1, 0.15) is 0 Å². The van der Waals surface area contributed by atoms with Gasteiger partial charge in [-0.25, -0.2) is 0 Å². The Morgan fingerprint density at radius 1 is 1.33 bits per heavy atom. The molecule has 1 aliphatic rings. The molecule has 0 aromatic carbocycles. The first-order chi connectivity index (χ1) is 8.74. The summed E-state index contributed by atoms with van der Waals surface area (Å²) in [7, 11) is 0. The van der Waals surface area contributed by atoms with Crippen LogP contribution >= 0.6 is 0 Å². The summed E-state index contributed by atoms with van der Waals surface area (Å²) in [6, 6.07) is 4.72. The van der Waals surface area contributed by atoms with Crippen LogP contribution in [0.4, 0.5) is 0 Å². The number of hydrogen-bond donors (Lipinski definition) is 1. The summed E-state index contributed by atoms with van der Waals surface area (Å²) in [6.07, 6.45) is 7.49. The molecule has 18 heavy (non-hydrogen) atoms. The highest BCUT2D eigenvalue weighted by Gasteiger charge is 2.15. The highest BCUT2D eigenvalue weighted by Crippen LogP contribution is 2.21. The lowest BCUT2D eigenvalue weighted by molar-refractivity contribution is 0.0438. The molecular formula is C15H24N2O. The van der Waals surface area contributed by atoms with Crippen LogP contribution in [0.15, 0.2) is 18.3 Å². The van der Waals surface area contributed by atoms with Gasteiger partial charge in [0.2, 0.25) is 0 Å². The average molecular weight is 248 g/mol. The summed E-state index contributed by atoms with van der Waals surface area (Å²) in [5.74, 6) is 0. The number of nitrogens with zero attached hydrogens (tertiary/aromatic N) is 1. The summed E-state index contributed by atoms with van der Waals surface area (Å²) in [5.41, 5.74) is 2.27. The van der Waals surface area contributed by atoms with E-state index >= 15 is 0 Å². The van der Waals surface area contributed by atoms with Gasteiger partial charge in [-0.15, -0.1) is 0 Å². The second-order valence-electron chi connectivity index (χ2n) is 5.41. The first kappa shape index (κ1) is 13.5. The molecule has 1 heterocycles. The molecule has 0 bridgehead atoms. The van der Waals surface area contributed by atoms with E-state index in [0.29, 0.717) is 18.8 Å². The highest BCUT2D eigenvalue weighted by molar-refractivity contribution is 5.13. The van der Waals surface area contributed by atoms with Gasteiger partial charge in [-0.3, -0.25) is 4.98 Å². The predicted octanol–water partition coefficient (Wildman–Crippen LogP) is 3.04. The van der Waals surface area contributed by atoms with Crippen molar-refractivity contribution in [3.05, 3.63) is 29.6 Å². The van der Waals surface area contributed by atoms with Crippen molar-refractivity contribution in [1.82, 2.24) is 10.3 Å². The van der Waals surface area contributed by atoms with E-state index < -0.39 is 0 Å². The third kappa shape index (κ3) is 4.39. The minimum atomic E-state index is 0.467. The number of hydrogen-bond acceptors (Lipinski definition) is 3. The fraction of sp³-hybridized carbons (Fsp3) is 0.667. The molecule has 0 unspecified atom stereocenters. The van der Waals surface area contributed by atoms with Gasteiger partial charge in [-0.1, -0.05) is 32.8 Å². The van der Waals surface area contributed by atoms with Gasteiger partial charge in [0, 0.05) is 18.8 Å². The van der Waals surface area contributed by atoms with Crippen molar-refractivity contribution in [3.63, 3.8) is 0 Å². The Labute approximate surface area is 110 Å². The van der Waals surface area contributed by atoms with E-state index in [1.165, 1.54) is 31.2 Å². The van der Waals surface area contributed by atoms with Crippen LogP contribution in [0.25, 0.3) is 0 Å². The van der Waals surface area contributed by atoms with Crippen molar-refractivity contribution >= 4 is 0 Å². The molecule has 0 spiro atoms. The number of ether oxygens (including phenoxy) is 1. The smallest absolute Gasteiger partial charge is 0.0891 e. The number of aromatic nitrogens is 1. The summed E-state index contributed by atoms with van der Waals surface area (Å²) < 4.78 is 5.85. The monoisotopic (exact) mass is 248 g/mol. The fourth-order valence-electron chi connectivity index (χ4n) is 2.23. The SMILES string of the molecule is CC(C)NCc1ccc(COC2CCCC2)nc1. The molecule has 2 rings (SSSR count). The van der Waals surface area contributed by atoms with Gasteiger partial charge < -0.3 is 10.1 Å². The van der Waals surface area contributed by atoms with Gasteiger partial charge in [-0.05, 0) is 24.5 Å². The zero-order valence-corrected chi connectivity index (χ0v) is 11.5. The second kappa shape index (κ2) is 6.86. The Morgan fingerprint density at radius 2 is 2.11 bits per heavy atom. The molecule has 1 aliphatic carbocycles. The minimum Gasteiger partial charge on any atom is -0.372 e. The number of nitrogens with one attached hydrogen (secondary N) is 1. The van der Waals surface area contributed by atoms with Crippen LogP contribution in [0.3, 0.4) is 0 Å². The third-order valence-corrected chi connectivity index (χ3v) is 3.37. The molecule has 0 atom stereocenters. The van der Waals surface area contributed by atoms with E-state index in [1.54, 1.807) is 0 Å². The predicted molar refractivity (Wildman–Crippen MR) is 73.3 cm³/mol. The maximum atomic E-state index is 5.85. The molecule has 0 radical (unpaired) electrons. The van der Waals surface area contributed by atoms with Crippen molar-refractivity contribution in [2.75, 3.05) is 0 Å². The van der Waals surface area contributed by atoms with Crippen LogP contribution in [0.2, 0.25) is 0 Å². The van der Waals surface area contributed by atoms with Crippen LogP contribution in [0.1, 0.15) is 50.8 Å². The molecule has 3 nitrogen and oxygen atoms in total. The van der Waals surface area contributed by atoms with Crippen LogP contribution in [0, 0.1) is 0 Å². The maximum Gasteiger partial charge on any atom is 0.0891 e. The van der Waals surface area contributed by atoms with Gasteiger partial charge in [0.05, 0.1) is 18.4 Å². The zero-order chi connectivity index (χ0) is 12.8. The summed E-state index contributed by atoms with van der Waals surface area (Å²) in [6.45, 7) is 5.84. The standard InChI is InChI=1S/C15H24N2O/c1-12(2)16-9-13-7-8-14(17-10-13)11-18-15-5-3-4-6-15/h7-8,10,12,15-16H,3-6,9,11H2,1-2H3. The van der Waals surface area contributed by atoms with E-state index in [2.05, 4.69) is 36.3 Å². The number of pyridine rings is 1. The number of rotatable bonds is 6. The topological polar surface area (TPSA) is 34.1 Å². The van der Waals surface area contributed by atoms with Crippen molar-refractivity contribution < 1.29 is 4.74 Å². The van der Waals surface area contributed by atoms with Crippen LogP contribution in [-0.2, 0) is 17.9 Å². The lowest BCUT2D eigenvalue weighted by Crippen LogP contribution is -2.21. The molecule has 1 fully saturated rings. The van der Waals surface area contributed by atoms with Crippen LogP contribution in [-0.4, -0.2) is 17.1 Å². The van der Waals surface area contributed by atoms with E-state index in [9.17, 15) is 0 Å². The molecule has 1 aromatic rings. The molecular weight excluding hydrogens is 224 g/mol. The Bertz CT molecular complexity index is 342.